The smallest absolute Gasteiger partial charge is 0.244 e. The first-order valence-electron chi connectivity index (χ1n) is 10.3. The number of nitriles is 1. The minimum Gasteiger partial charge on any atom is -0.494 e. The van der Waals surface area contributed by atoms with Crippen LogP contribution >= 0.6 is 0 Å². The number of rotatable bonds is 7. The van der Waals surface area contributed by atoms with E-state index in [1.54, 1.807) is 33.5 Å². The number of nitrogens with one attached hydrogen (secondary N) is 1. The zero-order valence-electron chi connectivity index (χ0n) is 18.8. The number of ether oxygens (including phenoxy) is 5. The minimum absolute atomic E-state index is 0.00393. The van der Waals surface area contributed by atoms with E-state index in [2.05, 4.69) is 16.3 Å². The van der Waals surface area contributed by atoms with Gasteiger partial charge in [0, 0.05) is 11.1 Å². The van der Waals surface area contributed by atoms with Crippen molar-refractivity contribution >= 4 is 0 Å². The van der Waals surface area contributed by atoms with E-state index in [9.17, 15) is 5.26 Å². The maximum Gasteiger partial charge on any atom is 0.244 e. The normalized spacial score (nSPS) is 14.7. The lowest BCUT2D eigenvalue weighted by Gasteiger charge is -2.25. The Labute approximate surface area is 191 Å². The van der Waals surface area contributed by atoms with Gasteiger partial charge < -0.3 is 29.4 Å². The summed E-state index contributed by atoms with van der Waals surface area (Å²) in [6, 6.07) is 13.3. The number of nitrogens with zero attached hydrogens (tertiary/aromatic N) is 2. The summed E-state index contributed by atoms with van der Waals surface area (Å²) in [6.45, 7) is 2.38. The fourth-order valence-corrected chi connectivity index (χ4v) is 4.01. The highest BCUT2D eigenvalue weighted by Crippen LogP contribution is 2.49. The Morgan fingerprint density at radius 3 is 2.39 bits per heavy atom. The second-order valence-electron chi connectivity index (χ2n) is 7.13. The molecule has 1 aliphatic heterocycles. The fraction of sp³-hybridized carbons (Fsp3) is 0.250. The van der Waals surface area contributed by atoms with Gasteiger partial charge in [-0.15, -0.1) is 5.10 Å². The number of aromatic nitrogens is 2. The summed E-state index contributed by atoms with van der Waals surface area (Å²) < 4.78 is 28.0. The van der Waals surface area contributed by atoms with Crippen molar-refractivity contribution in [1.29, 1.82) is 5.26 Å². The molecule has 4 rings (SSSR count). The number of H-pyrrole nitrogens is 1. The highest BCUT2D eigenvalue weighted by molar-refractivity contribution is 5.75. The summed E-state index contributed by atoms with van der Waals surface area (Å²) in [7, 11) is 4.63. The standard InChI is InChI=1S/C24H24N4O5/c1-5-32-16-9-7-6-8-14(16)19-15(12-25)23(26)33-24-20(19)21(27-28-24)13-10-17(29-2)22(31-4)18(11-13)30-3/h6-11,19H,5,26H2,1-4H3,(H,27,28)/t19-/m1/s1. The van der Waals surface area contributed by atoms with E-state index >= 15 is 0 Å². The molecule has 3 N–H and O–H groups in total. The first-order valence-corrected chi connectivity index (χ1v) is 10.3. The van der Waals surface area contributed by atoms with Crippen molar-refractivity contribution in [2.24, 2.45) is 5.73 Å². The third-order valence-electron chi connectivity index (χ3n) is 5.42. The molecule has 2 heterocycles. The van der Waals surface area contributed by atoms with Crippen molar-refractivity contribution in [3.05, 3.63) is 59.0 Å². The van der Waals surface area contributed by atoms with Crippen molar-refractivity contribution in [2.45, 2.75) is 12.8 Å². The molecule has 9 nitrogen and oxygen atoms in total. The lowest BCUT2D eigenvalue weighted by molar-refractivity contribution is 0.324. The molecule has 0 fully saturated rings. The van der Waals surface area contributed by atoms with Crippen LogP contribution in [0.15, 0.2) is 47.9 Å². The predicted molar refractivity (Wildman–Crippen MR) is 121 cm³/mol. The third-order valence-corrected chi connectivity index (χ3v) is 5.42. The number of para-hydroxylation sites is 1. The van der Waals surface area contributed by atoms with E-state index in [0.29, 0.717) is 46.4 Å². The van der Waals surface area contributed by atoms with Gasteiger partial charge in [0.25, 0.3) is 0 Å². The van der Waals surface area contributed by atoms with Gasteiger partial charge in [-0.3, -0.25) is 5.10 Å². The number of methoxy groups -OCH3 is 3. The van der Waals surface area contributed by atoms with Crippen LogP contribution in [0, 0.1) is 11.3 Å². The van der Waals surface area contributed by atoms with Crippen LogP contribution in [0.25, 0.3) is 11.3 Å². The van der Waals surface area contributed by atoms with Gasteiger partial charge in [-0.1, -0.05) is 18.2 Å². The molecular weight excluding hydrogens is 424 g/mol. The molecule has 0 bridgehead atoms. The van der Waals surface area contributed by atoms with Crippen molar-refractivity contribution < 1.29 is 23.7 Å². The highest BCUT2D eigenvalue weighted by atomic mass is 16.5. The average molecular weight is 448 g/mol. The van der Waals surface area contributed by atoms with Crippen LogP contribution in [0.4, 0.5) is 0 Å². The summed E-state index contributed by atoms with van der Waals surface area (Å²) >= 11 is 0. The monoisotopic (exact) mass is 448 g/mol. The van der Waals surface area contributed by atoms with Crippen molar-refractivity contribution in [2.75, 3.05) is 27.9 Å². The molecule has 2 aromatic carbocycles. The largest absolute Gasteiger partial charge is 0.494 e. The van der Waals surface area contributed by atoms with E-state index in [4.69, 9.17) is 29.4 Å². The van der Waals surface area contributed by atoms with Crippen molar-refractivity contribution in [3.8, 4) is 46.2 Å². The van der Waals surface area contributed by atoms with E-state index in [1.165, 1.54) is 0 Å². The molecule has 0 spiro atoms. The summed E-state index contributed by atoms with van der Waals surface area (Å²) in [6.07, 6.45) is 0. The zero-order valence-corrected chi connectivity index (χ0v) is 18.8. The molecule has 0 aliphatic carbocycles. The Hall–Kier alpha value is -4.32. The van der Waals surface area contributed by atoms with Crippen LogP contribution in [0.1, 0.15) is 24.0 Å². The van der Waals surface area contributed by atoms with Crippen LogP contribution in [0.2, 0.25) is 0 Å². The number of allylic oxidation sites excluding steroid dienone is 1. The Morgan fingerprint density at radius 1 is 1.09 bits per heavy atom. The molecule has 0 amide bonds. The maximum absolute atomic E-state index is 9.98. The van der Waals surface area contributed by atoms with E-state index in [-0.39, 0.29) is 17.3 Å². The Bertz CT molecular complexity index is 1230. The number of hydrogen-bond donors (Lipinski definition) is 2. The second-order valence-corrected chi connectivity index (χ2v) is 7.13. The molecule has 1 atom stereocenters. The van der Waals surface area contributed by atoms with Crippen LogP contribution in [0.5, 0.6) is 28.9 Å². The highest BCUT2D eigenvalue weighted by Gasteiger charge is 2.37. The van der Waals surface area contributed by atoms with Gasteiger partial charge in [0.2, 0.25) is 17.5 Å². The van der Waals surface area contributed by atoms with E-state index in [1.807, 2.05) is 31.2 Å². The molecule has 1 aromatic heterocycles. The van der Waals surface area contributed by atoms with Crippen LogP contribution in [0.3, 0.4) is 0 Å². The molecule has 0 saturated carbocycles. The first-order chi connectivity index (χ1) is 16.1. The van der Waals surface area contributed by atoms with Gasteiger partial charge in [0.15, 0.2) is 11.5 Å². The molecule has 1 aliphatic rings. The van der Waals surface area contributed by atoms with Gasteiger partial charge >= 0.3 is 0 Å². The molecule has 0 saturated heterocycles. The van der Waals surface area contributed by atoms with Crippen LogP contribution < -0.4 is 29.4 Å². The summed E-state index contributed by atoms with van der Waals surface area (Å²) in [5.41, 5.74) is 9.15. The fourth-order valence-electron chi connectivity index (χ4n) is 4.01. The molecule has 0 unspecified atom stereocenters. The predicted octanol–water partition coefficient (Wildman–Crippen LogP) is 3.72. The van der Waals surface area contributed by atoms with Gasteiger partial charge in [-0.05, 0) is 25.1 Å². The SMILES string of the molecule is CCOc1ccccc1[C@@H]1C(C#N)=C(N)Oc2n[nH]c(-c3cc(OC)c(OC)c(OC)c3)c21. The molecule has 9 heteroatoms. The molecule has 33 heavy (non-hydrogen) atoms. The third kappa shape index (κ3) is 3.65. The summed E-state index contributed by atoms with van der Waals surface area (Å²) in [5, 5.41) is 17.3. The van der Waals surface area contributed by atoms with Gasteiger partial charge in [0.1, 0.15) is 17.4 Å². The van der Waals surface area contributed by atoms with Crippen molar-refractivity contribution in [3.63, 3.8) is 0 Å². The van der Waals surface area contributed by atoms with Crippen LogP contribution in [-0.4, -0.2) is 38.1 Å². The average Bonchev–Trinajstić information content (AvgIpc) is 3.26. The van der Waals surface area contributed by atoms with Gasteiger partial charge in [0.05, 0.1) is 45.1 Å². The molecule has 3 aromatic rings. The zero-order chi connectivity index (χ0) is 23.5. The van der Waals surface area contributed by atoms with E-state index < -0.39 is 5.92 Å². The first kappa shape index (κ1) is 21.9. The number of fused-ring (bicyclic) bond motifs is 1. The van der Waals surface area contributed by atoms with Crippen LogP contribution in [-0.2, 0) is 0 Å². The summed E-state index contributed by atoms with van der Waals surface area (Å²) in [4.78, 5) is 0. The Balaban J connectivity index is 1.97. The minimum atomic E-state index is -0.561. The Morgan fingerprint density at radius 2 is 1.79 bits per heavy atom. The number of aromatic amines is 1. The maximum atomic E-state index is 9.98. The van der Waals surface area contributed by atoms with E-state index in [0.717, 1.165) is 5.56 Å². The lowest BCUT2D eigenvalue weighted by Crippen LogP contribution is -2.21. The molecule has 170 valence electrons. The summed E-state index contributed by atoms with van der Waals surface area (Å²) in [5.74, 6) is 1.80. The number of benzene rings is 2. The number of nitrogens with two attached hydrogens (primary N) is 1. The van der Waals surface area contributed by atoms with Gasteiger partial charge in [-0.25, -0.2) is 0 Å². The van der Waals surface area contributed by atoms with Gasteiger partial charge in [-0.2, -0.15) is 5.26 Å². The number of hydrogen-bond acceptors (Lipinski definition) is 8. The van der Waals surface area contributed by atoms with Crippen molar-refractivity contribution in [1.82, 2.24) is 10.2 Å². The lowest BCUT2D eigenvalue weighted by atomic mass is 9.82. The molecule has 0 radical (unpaired) electrons. The quantitative estimate of drug-likeness (QED) is 0.560. The topological polar surface area (TPSA) is 125 Å². The second kappa shape index (κ2) is 9.04. The molecular formula is C24H24N4O5. The Kier molecular flexibility index (Phi) is 6.00.